The third-order valence-corrected chi connectivity index (χ3v) is 4.40. The summed E-state index contributed by atoms with van der Waals surface area (Å²) in [4.78, 5) is 16.9. The molecule has 1 N–H and O–H groups in total. The number of nitrogens with one attached hydrogen (secondary N) is 1. The van der Waals surface area contributed by atoms with Crippen molar-refractivity contribution in [2.75, 3.05) is 5.32 Å². The summed E-state index contributed by atoms with van der Waals surface area (Å²) in [5.41, 5.74) is 4.01. The zero-order valence-electron chi connectivity index (χ0n) is 13.3. The summed E-state index contributed by atoms with van der Waals surface area (Å²) in [5.74, 6) is 1.03. The molecular formula is C21H18N2O. The van der Waals surface area contributed by atoms with Gasteiger partial charge in [-0.15, -0.1) is 0 Å². The Bertz CT molecular complexity index is 929. The van der Waals surface area contributed by atoms with E-state index in [2.05, 4.69) is 28.5 Å². The van der Waals surface area contributed by atoms with Crippen LogP contribution in [0.1, 0.15) is 18.4 Å². The van der Waals surface area contributed by atoms with Gasteiger partial charge in [0.15, 0.2) is 5.78 Å². The minimum atomic E-state index is 0.238. The molecule has 3 heteroatoms. The summed E-state index contributed by atoms with van der Waals surface area (Å²) in [5, 5.41) is 4.50. The highest BCUT2D eigenvalue weighted by molar-refractivity contribution is 5.99. The number of hydrogen-bond acceptors (Lipinski definition) is 3. The van der Waals surface area contributed by atoms with Crippen molar-refractivity contribution in [3.63, 3.8) is 0 Å². The Morgan fingerprint density at radius 3 is 2.54 bits per heavy atom. The third-order valence-electron chi connectivity index (χ3n) is 4.40. The second-order valence-corrected chi connectivity index (χ2v) is 6.06. The molecule has 0 saturated heterocycles. The minimum Gasteiger partial charge on any atom is -0.343 e. The van der Waals surface area contributed by atoms with Crippen molar-refractivity contribution in [3.05, 3.63) is 83.6 Å². The molecule has 0 aliphatic heterocycles. The fourth-order valence-corrected chi connectivity index (χ4v) is 3.14. The highest BCUT2D eigenvalue weighted by Gasteiger charge is 2.23. The Hall–Kier alpha value is -2.94. The number of hydrogen-bond donors (Lipinski definition) is 1. The zero-order valence-corrected chi connectivity index (χ0v) is 13.3. The standard InChI is InChI=1S/C21H18N2O/c24-20-12-11-19(17(20)14-15-6-2-1-3-7-15)23-21-13-10-16-8-4-5-9-18(16)22-21/h1-10,13H,11-12,14H2,(H,22,23). The van der Waals surface area contributed by atoms with Gasteiger partial charge in [-0.25, -0.2) is 4.98 Å². The van der Waals surface area contributed by atoms with E-state index in [1.54, 1.807) is 0 Å². The lowest BCUT2D eigenvalue weighted by atomic mass is 10.0. The van der Waals surface area contributed by atoms with E-state index in [-0.39, 0.29) is 5.78 Å². The molecule has 0 amide bonds. The van der Waals surface area contributed by atoms with Crippen LogP contribution in [0.3, 0.4) is 0 Å². The molecule has 0 atom stereocenters. The van der Waals surface area contributed by atoms with Gasteiger partial charge in [0.05, 0.1) is 5.52 Å². The Morgan fingerprint density at radius 2 is 1.67 bits per heavy atom. The quantitative estimate of drug-likeness (QED) is 0.770. The number of carbonyl (C=O) groups excluding carboxylic acids is 1. The molecule has 0 saturated carbocycles. The molecule has 3 nitrogen and oxygen atoms in total. The Morgan fingerprint density at radius 1 is 0.875 bits per heavy atom. The Balaban J connectivity index is 1.63. The van der Waals surface area contributed by atoms with Gasteiger partial charge in [0, 0.05) is 29.5 Å². The van der Waals surface area contributed by atoms with E-state index in [0.717, 1.165) is 40.0 Å². The lowest BCUT2D eigenvalue weighted by Gasteiger charge is -2.10. The van der Waals surface area contributed by atoms with Gasteiger partial charge in [0.1, 0.15) is 5.82 Å². The molecule has 4 rings (SSSR count). The van der Waals surface area contributed by atoms with Crippen LogP contribution in [0.4, 0.5) is 5.82 Å². The van der Waals surface area contributed by atoms with Crippen LogP contribution in [0.5, 0.6) is 0 Å². The molecule has 1 aliphatic rings. The summed E-state index contributed by atoms with van der Waals surface area (Å²) in [6.45, 7) is 0. The molecule has 2 aromatic carbocycles. The largest absolute Gasteiger partial charge is 0.343 e. The number of benzene rings is 2. The van der Waals surface area contributed by atoms with Gasteiger partial charge in [-0.3, -0.25) is 4.79 Å². The second-order valence-electron chi connectivity index (χ2n) is 6.06. The van der Waals surface area contributed by atoms with Crippen molar-refractivity contribution in [1.82, 2.24) is 4.98 Å². The summed E-state index contributed by atoms with van der Waals surface area (Å²) < 4.78 is 0. The lowest BCUT2D eigenvalue weighted by Crippen LogP contribution is -2.06. The first-order chi connectivity index (χ1) is 11.8. The van der Waals surface area contributed by atoms with Gasteiger partial charge < -0.3 is 5.32 Å². The maximum atomic E-state index is 12.3. The zero-order chi connectivity index (χ0) is 16.4. The molecule has 0 unspecified atom stereocenters. The molecule has 1 heterocycles. The summed E-state index contributed by atoms with van der Waals surface area (Å²) >= 11 is 0. The van der Waals surface area contributed by atoms with Crippen LogP contribution in [-0.4, -0.2) is 10.8 Å². The topological polar surface area (TPSA) is 42.0 Å². The highest BCUT2D eigenvalue weighted by Crippen LogP contribution is 2.27. The molecule has 0 bridgehead atoms. The van der Waals surface area contributed by atoms with Crippen LogP contribution in [0, 0.1) is 0 Å². The van der Waals surface area contributed by atoms with Crippen molar-refractivity contribution in [2.45, 2.75) is 19.3 Å². The SMILES string of the molecule is O=C1CCC(Nc2ccc3ccccc3n2)=C1Cc1ccccc1. The molecule has 24 heavy (non-hydrogen) atoms. The fourth-order valence-electron chi connectivity index (χ4n) is 3.14. The number of Topliss-reactive ketones (excluding diaryl/α,β-unsaturated/α-hetero) is 1. The van der Waals surface area contributed by atoms with Crippen LogP contribution in [0.25, 0.3) is 10.9 Å². The Labute approximate surface area is 141 Å². The van der Waals surface area contributed by atoms with Gasteiger partial charge in [-0.1, -0.05) is 48.5 Å². The van der Waals surface area contributed by atoms with E-state index in [4.69, 9.17) is 0 Å². The van der Waals surface area contributed by atoms with E-state index < -0.39 is 0 Å². The minimum absolute atomic E-state index is 0.238. The van der Waals surface area contributed by atoms with Gasteiger partial charge in [-0.2, -0.15) is 0 Å². The fraction of sp³-hybridized carbons (Fsp3) is 0.143. The second kappa shape index (κ2) is 6.28. The van der Waals surface area contributed by atoms with Crippen molar-refractivity contribution < 1.29 is 4.79 Å². The lowest BCUT2D eigenvalue weighted by molar-refractivity contribution is -0.115. The Kier molecular flexibility index (Phi) is 3.83. The molecular weight excluding hydrogens is 296 g/mol. The maximum absolute atomic E-state index is 12.3. The van der Waals surface area contributed by atoms with Gasteiger partial charge >= 0.3 is 0 Å². The molecule has 0 fully saturated rings. The smallest absolute Gasteiger partial charge is 0.161 e. The first-order valence-corrected chi connectivity index (χ1v) is 8.21. The molecule has 0 spiro atoms. The van der Waals surface area contributed by atoms with E-state index in [1.807, 2.05) is 48.5 Å². The number of fused-ring (bicyclic) bond motifs is 1. The van der Waals surface area contributed by atoms with E-state index in [1.165, 1.54) is 0 Å². The number of para-hydroxylation sites is 1. The van der Waals surface area contributed by atoms with E-state index in [9.17, 15) is 4.79 Å². The number of pyridine rings is 1. The number of ketones is 1. The average molecular weight is 314 g/mol. The molecule has 118 valence electrons. The van der Waals surface area contributed by atoms with Gasteiger partial charge in [0.25, 0.3) is 0 Å². The molecule has 1 aromatic heterocycles. The predicted molar refractivity (Wildman–Crippen MR) is 96.8 cm³/mol. The van der Waals surface area contributed by atoms with Gasteiger partial charge in [-0.05, 0) is 30.2 Å². The normalized spacial score (nSPS) is 14.4. The summed E-state index contributed by atoms with van der Waals surface area (Å²) in [6, 6.07) is 22.2. The number of aromatic nitrogens is 1. The number of carbonyl (C=O) groups is 1. The predicted octanol–water partition coefficient (Wildman–Crippen LogP) is 4.51. The van der Waals surface area contributed by atoms with Crippen LogP contribution in [0.2, 0.25) is 0 Å². The van der Waals surface area contributed by atoms with Crippen LogP contribution >= 0.6 is 0 Å². The summed E-state index contributed by atoms with van der Waals surface area (Å²) in [7, 11) is 0. The van der Waals surface area contributed by atoms with E-state index >= 15 is 0 Å². The molecule has 3 aromatic rings. The number of anilines is 1. The first kappa shape index (κ1) is 14.6. The van der Waals surface area contributed by atoms with Crippen LogP contribution < -0.4 is 5.32 Å². The monoisotopic (exact) mass is 314 g/mol. The average Bonchev–Trinajstić information content (AvgIpc) is 2.96. The molecule has 1 aliphatic carbocycles. The summed E-state index contributed by atoms with van der Waals surface area (Å²) in [6.07, 6.45) is 2.02. The number of allylic oxidation sites excluding steroid dienone is 2. The molecule has 0 radical (unpaired) electrons. The van der Waals surface area contributed by atoms with Crippen molar-refractivity contribution in [1.29, 1.82) is 0 Å². The number of rotatable bonds is 4. The van der Waals surface area contributed by atoms with Crippen molar-refractivity contribution in [2.24, 2.45) is 0 Å². The van der Waals surface area contributed by atoms with Crippen LogP contribution in [0.15, 0.2) is 78.0 Å². The maximum Gasteiger partial charge on any atom is 0.161 e. The van der Waals surface area contributed by atoms with Crippen LogP contribution in [-0.2, 0) is 11.2 Å². The van der Waals surface area contributed by atoms with E-state index in [0.29, 0.717) is 12.8 Å². The third kappa shape index (κ3) is 2.93. The number of nitrogens with zero attached hydrogens (tertiary/aromatic N) is 1. The highest BCUT2D eigenvalue weighted by atomic mass is 16.1. The first-order valence-electron chi connectivity index (χ1n) is 8.21. The van der Waals surface area contributed by atoms with Crippen molar-refractivity contribution >= 4 is 22.5 Å². The van der Waals surface area contributed by atoms with Gasteiger partial charge in [0.2, 0.25) is 0 Å². The van der Waals surface area contributed by atoms with Crippen molar-refractivity contribution in [3.8, 4) is 0 Å².